The van der Waals surface area contributed by atoms with Crippen LogP contribution in [0.2, 0.25) is 0 Å². The molecule has 2 aliphatic rings. The standard InChI is InChI=1S/C14H21N3O4S/c1-9-15-12-6-7-21-13(12)14(16-9)17-11-4-2-10(3-5-11)8-22(18,19)20/h10-11H,2-8H2,1H3,(H,15,16,17)(H,18,19,20). The van der Waals surface area contributed by atoms with Gasteiger partial charge in [0.15, 0.2) is 11.6 Å². The van der Waals surface area contributed by atoms with Gasteiger partial charge in [-0.25, -0.2) is 9.97 Å². The lowest BCUT2D eigenvalue weighted by molar-refractivity contribution is 0.346. The Bertz CT molecular complexity index is 654. The molecule has 0 unspecified atom stereocenters. The molecular weight excluding hydrogens is 306 g/mol. The first-order chi connectivity index (χ1) is 10.4. The van der Waals surface area contributed by atoms with E-state index in [-0.39, 0.29) is 17.7 Å². The van der Waals surface area contributed by atoms with E-state index >= 15 is 0 Å². The molecule has 2 N–H and O–H groups in total. The van der Waals surface area contributed by atoms with Crippen LogP contribution < -0.4 is 10.1 Å². The highest BCUT2D eigenvalue weighted by Crippen LogP contribution is 2.34. The van der Waals surface area contributed by atoms with Crippen LogP contribution in [-0.4, -0.2) is 41.3 Å². The summed E-state index contributed by atoms with van der Waals surface area (Å²) in [5.74, 6) is 2.14. The summed E-state index contributed by atoms with van der Waals surface area (Å²) in [5, 5.41) is 3.42. The van der Waals surface area contributed by atoms with Crippen molar-refractivity contribution in [2.75, 3.05) is 17.7 Å². The van der Waals surface area contributed by atoms with Gasteiger partial charge in [-0.3, -0.25) is 4.55 Å². The van der Waals surface area contributed by atoms with Crippen molar-refractivity contribution in [1.29, 1.82) is 0 Å². The largest absolute Gasteiger partial charge is 0.487 e. The molecule has 3 rings (SSSR count). The van der Waals surface area contributed by atoms with E-state index in [2.05, 4.69) is 15.3 Å². The van der Waals surface area contributed by atoms with E-state index in [1.807, 2.05) is 6.92 Å². The van der Waals surface area contributed by atoms with E-state index in [0.29, 0.717) is 6.61 Å². The smallest absolute Gasteiger partial charge is 0.265 e. The first-order valence-electron chi connectivity index (χ1n) is 7.63. The normalized spacial score (nSPS) is 24.6. The maximum atomic E-state index is 10.9. The van der Waals surface area contributed by atoms with Gasteiger partial charge in [-0.1, -0.05) is 0 Å². The van der Waals surface area contributed by atoms with E-state index in [4.69, 9.17) is 9.29 Å². The molecule has 1 aliphatic carbocycles. The fraction of sp³-hybridized carbons (Fsp3) is 0.714. The summed E-state index contributed by atoms with van der Waals surface area (Å²) >= 11 is 0. The van der Waals surface area contributed by atoms with E-state index in [1.165, 1.54) is 0 Å². The summed E-state index contributed by atoms with van der Waals surface area (Å²) < 4.78 is 36.4. The Kier molecular flexibility index (Phi) is 4.22. The number of nitrogens with one attached hydrogen (secondary N) is 1. The van der Waals surface area contributed by atoms with Crippen molar-refractivity contribution in [3.63, 3.8) is 0 Å². The van der Waals surface area contributed by atoms with Crippen molar-refractivity contribution in [2.24, 2.45) is 5.92 Å². The van der Waals surface area contributed by atoms with Crippen LogP contribution in [0.25, 0.3) is 0 Å². The summed E-state index contributed by atoms with van der Waals surface area (Å²) in [4.78, 5) is 8.82. The van der Waals surface area contributed by atoms with Crippen molar-refractivity contribution in [1.82, 2.24) is 9.97 Å². The highest BCUT2D eigenvalue weighted by molar-refractivity contribution is 7.85. The van der Waals surface area contributed by atoms with Gasteiger partial charge in [-0.2, -0.15) is 8.42 Å². The van der Waals surface area contributed by atoms with E-state index in [0.717, 1.165) is 55.2 Å². The van der Waals surface area contributed by atoms with Gasteiger partial charge < -0.3 is 10.1 Å². The molecule has 0 radical (unpaired) electrons. The number of hydrogen-bond donors (Lipinski definition) is 2. The zero-order valence-electron chi connectivity index (χ0n) is 12.6. The zero-order valence-corrected chi connectivity index (χ0v) is 13.4. The second-order valence-electron chi connectivity index (χ2n) is 6.10. The molecule has 1 fully saturated rings. The molecule has 0 amide bonds. The molecule has 0 spiro atoms. The van der Waals surface area contributed by atoms with Gasteiger partial charge in [-0.15, -0.1) is 0 Å². The summed E-state index contributed by atoms with van der Waals surface area (Å²) in [7, 11) is -3.87. The highest BCUT2D eigenvalue weighted by atomic mass is 32.2. The SMILES string of the molecule is Cc1nc2c(c(NC3CCC(CS(=O)(=O)O)CC3)n1)OCC2. The van der Waals surface area contributed by atoms with Crippen LogP contribution in [0.4, 0.5) is 5.82 Å². The summed E-state index contributed by atoms with van der Waals surface area (Å²) in [5.41, 5.74) is 0.954. The number of fused-ring (bicyclic) bond motifs is 1. The second-order valence-corrected chi connectivity index (χ2v) is 7.60. The maximum Gasteiger partial charge on any atom is 0.265 e. The molecule has 8 heteroatoms. The Labute approximate surface area is 130 Å². The molecule has 2 heterocycles. The Balaban J connectivity index is 1.62. The molecule has 0 saturated heterocycles. The second kappa shape index (κ2) is 6.00. The van der Waals surface area contributed by atoms with Crippen molar-refractivity contribution in [2.45, 2.75) is 45.1 Å². The van der Waals surface area contributed by atoms with E-state index < -0.39 is 10.1 Å². The molecule has 1 saturated carbocycles. The summed E-state index contributed by atoms with van der Waals surface area (Å²) in [6.07, 6.45) is 4.10. The molecular formula is C14H21N3O4S. The van der Waals surface area contributed by atoms with Crippen LogP contribution in [0.5, 0.6) is 5.75 Å². The molecule has 1 aromatic rings. The Morgan fingerprint density at radius 1 is 1.27 bits per heavy atom. The quantitative estimate of drug-likeness (QED) is 0.809. The predicted molar refractivity (Wildman–Crippen MR) is 81.8 cm³/mol. The number of hydrogen-bond acceptors (Lipinski definition) is 6. The number of ether oxygens (including phenoxy) is 1. The van der Waals surface area contributed by atoms with Gasteiger partial charge in [0.2, 0.25) is 0 Å². The van der Waals surface area contributed by atoms with Crippen LogP contribution in [0, 0.1) is 12.8 Å². The van der Waals surface area contributed by atoms with Crippen molar-refractivity contribution >= 4 is 15.9 Å². The van der Waals surface area contributed by atoms with Gasteiger partial charge in [0.1, 0.15) is 5.82 Å². The van der Waals surface area contributed by atoms with Crippen LogP contribution in [-0.2, 0) is 16.5 Å². The molecule has 122 valence electrons. The third-order valence-electron chi connectivity index (χ3n) is 4.27. The summed E-state index contributed by atoms with van der Waals surface area (Å²) in [6, 6.07) is 0.250. The van der Waals surface area contributed by atoms with Gasteiger partial charge in [0, 0.05) is 12.5 Å². The lowest BCUT2D eigenvalue weighted by atomic mass is 9.87. The van der Waals surface area contributed by atoms with Gasteiger partial charge in [-0.05, 0) is 38.5 Å². The number of aryl methyl sites for hydroxylation is 1. The molecule has 0 atom stereocenters. The predicted octanol–water partition coefficient (Wildman–Crippen LogP) is 1.58. The van der Waals surface area contributed by atoms with Gasteiger partial charge in [0.25, 0.3) is 10.1 Å². The molecule has 7 nitrogen and oxygen atoms in total. The fourth-order valence-corrected chi connectivity index (χ4v) is 4.18. The highest BCUT2D eigenvalue weighted by Gasteiger charge is 2.27. The van der Waals surface area contributed by atoms with Crippen LogP contribution in [0.1, 0.15) is 37.2 Å². The molecule has 0 aromatic carbocycles. The number of nitrogens with zero attached hydrogens (tertiary/aromatic N) is 2. The maximum absolute atomic E-state index is 10.9. The molecule has 22 heavy (non-hydrogen) atoms. The first-order valence-corrected chi connectivity index (χ1v) is 9.23. The lowest BCUT2D eigenvalue weighted by Gasteiger charge is -2.29. The van der Waals surface area contributed by atoms with Crippen molar-refractivity contribution in [3.05, 3.63) is 11.5 Å². The molecule has 1 aliphatic heterocycles. The Morgan fingerprint density at radius 3 is 2.68 bits per heavy atom. The average molecular weight is 327 g/mol. The number of rotatable bonds is 4. The summed E-state index contributed by atoms with van der Waals surface area (Å²) in [6.45, 7) is 2.51. The monoisotopic (exact) mass is 327 g/mol. The molecule has 0 bridgehead atoms. The van der Waals surface area contributed by atoms with E-state index in [9.17, 15) is 8.42 Å². The van der Waals surface area contributed by atoms with E-state index in [1.54, 1.807) is 0 Å². The average Bonchev–Trinajstić information content (AvgIpc) is 2.87. The minimum Gasteiger partial charge on any atom is -0.487 e. The Hall–Kier alpha value is -1.41. The number of aromatic nitrogens is 2. The van der Waals surface area contributed by atoms with Gasteiger partial charge >= 0.3 is 0 Å². The molecule has 1 aromatic heterocycles. The zero-order chi connectivity index (χ0) is 15.7. The lowest BCUT2D eigenvalue weighted by Crippen LogP contribution is -2.29. The third-order valence-corrected chi connectivity index (χ3v) is 5.16. The van der Waals surface area contributed by atoms with Crippen molar-refractivity contribution in [3.8, 4) is 5.75 Å². The minimum atomic E-state index is -3.87. The number of anilines is 1. The Morgan fingerprint density at radius 2 is 2.00 bits per heavy atom. The van der Waals surface area contributed by atoms with Crippen LogP contribution in [0.3, 0.4) is 0 Å². The topological polar surface area (TPSA) is 101 Å². The fourth-order valence-electron chi connectivity index (χ4n) is 3.25. The minimum absolute atomic E-state index is 0.0437. The van der Waals surface area contributed by atoms with Crippen molar-refractivity contribution < 1.29 is 17.7 Å². The first kappa shape index (κ1) is 15.5. The van der Waals surface area contributed by atoms with Crippen LogP contribution in [0.15, 0.2) is 0 Å². The van der Waals surface area contributed by atoms with Gasteiger partial charge in [0.05, 0.1) is 18.1 Å². The van der Waals surface area contributed by atoms with Crippen LogP contribution >= 0.6 is 0 Å². The third kappa shape index (κ3) is 3.67.